The van der Waals surface area contributed by atoms with Gasteiger partial charge in [-0.25, -0.2) is 0 Å². The van der Waals surface area contributed by atoms with Crippen LogP contribution in [-0.2, 0) is 23.9 Å². The number of rotatable bonds is 11. The summed E-state index contributed by atoms with van der Waals surface area (Å²) in [6.07, 6.45) is 4.00. The first kappa shape index (κ1) is 20.6. The Bertz CT molecular complexity index is 406. The summed E-state index contributed by atoms with van der Waals surface area (Å²) in [4.78, 5) is 34.5. The van der Waals surface area contributed by atoms with Crippen LogP contribution in [0.3, 0.4) is 0 Å². The normalized spacial score (nSPS) is 20.4. The predicted molar refractivity (Wildman–Crippen MR) is 89.5 cm³/mol. The largest absolute Gasteiger partial charge is 0.384 e. The summed E-state index contributed by atoms with van der Waals surface area (Å²) in [7, 11) is 1.57. The molecule has 0 spiro atoms. The molecule has 0 radical (unpaired) electrons. The molecular weight excluding hydrogens is 312 g/mol. The van der Waals surface area contributed by atoms with Gasteiger partial charge in [0.05, 0.1) is 19.8 Å². The van der Waals surface area contributed by atoms with Gasteiger partial charge in [0.2, 0.25) is 11.8 Å². The van der Waals surface area contributed by atoms with Crippen molar-refractivity contribution in [2.24, 2.45) is 5.92 Å². The SMILES string of the molecule is COCCC(=O)NC1CCC(C(=O)NCCOCCC(C)=O)CC1. The number of methoxy groups -OCH3 is 1. The molecule has 0 atom stereocenters. The van der Waals surface area contributed by atoms with Crippen LogP contribution in [0.15, 0.2) is 0 Å². The smallest absolute Gasteiger partial charge is 0.223 e. The zero-order valence-corrected chi connectivity index (χ0v) is 14.8. The van der Waals surface area contributed by atoms with Gasteiger partial charge in [0, 0.05) is 38.5 Å². The lowest BCUT2D eigenvalue weighted by Crippen LogP contribution is -2.41. The van der Waals surface area contributed by atoms with Gasteiger partial charge in [-0.15, -0.1) is 0 Å². The molecule has 1 aliphatic rings. The van der Waals surface area contributed by atoms with Gasteiger partial charge < -0.3 is 20.1 Å². The fourth-order valence-corrected chi connectivity index (χ4v) is 2.70. The highest BCUT2D eigenvalue weighted by Crippen LogP contribution is 2.24. The molecule has 0 aromatic heterocycles. The maximum Gasteiger partial charge on any atom is 0.223 e. The Kier molecular flexibility index (Phi) is 10.3. The Morgan fingerprint density at radius 3 is 2.33 bits per heavy atom. The number of ether oxygens (including phenoxy) is 2. The van der Waals surface area contributed by atoms with Crippen LogP contribution in [0.4, 0.5) is 0 Å². The Hall–Kier alpha value is -1.47. The van der Waals surface area contributed by atoms with Crippen LogP contribution in [0.1, 0.15) is 45.4 Å². The van der Waals surface area contributed by atoms with Crippen LogP contribution >= 0.6 is 0 Å². The number of carbonyl (C=O) groups is 3. The second-order valence-electron chi connectivity index (χ2n) is 6.21. The molecule has 0 aromatic carbocycles. The van der Waals surface area contributed by atoms with E-state index in [2.05, 4.69) is 10.6 Å². The third-order valence-corrected chi connectivity index (χ3v) is 4.14. The Morgan fingerprint density at radius 2 is 1.71 bits per heavy atom. The number of hydrogen-bond donors (Lipinski definition) is 2. The van der Waals surface area contributed by atoms with Crippen LogP contribution < -0.4 is 10.6 Å². The molecule has 0 saturated heterocycles. The van der Waals surface area contributed by atoms with Gasteiger partial charge in [0.15, 0.2) is 0 Å². The third kappa shape index (κ3) is 8.98. The lowest BCUT2D eigenvalue weighted by Gasteiger charge is -2.28. The molecule has 0 aliphatic heterocycles. The van der Waals surface area contributed by atoms with Gasteiger partial charge in [-0.05, 0) is 32.6 Å². The third-order valence-electron chi connectivity index (χ3n) is 4.14. The van der Waals surface area contributed by atoms with Crippen LogP contribution in [0.5, 0.6) is 0 Å². The lowest BCUT2D eigenvalue weighted by atomic mass is 9.85. The molecule has 2 amide bonds. The van der Waals surface area contributed by atoms with Crippen LogP contribution in [0.2, 0.25) is 0 Å². The summed E-state index contributed by atoms with van der Waals surface area (Å²) in [6.45, 7) is 3.24. The first-order valence-electron chi connectivity index (χ1n) is 8.66. The van der Waals surface area contributed by atoms with Crippen LogP contribution in [0.25, 0.3) is 0 Å². The minimum atomic E-state index is 0.00691. The molecule has 1 aliphatic carbocycles. The number of carbonyl (C=O) groups excluding carboxylic acids is 3. The van der Waals surface area contributed by atoms with E-state index in [0.717, 1.165) is 25.7 Å². The second kappa shape index (κ2) is 12.0. The van der Waals surface area contributed by atoms with Crippen molar-refractivity contribution in [2.75, 3.05) is 33.5 Å². The van der Waals surface area contributed by atoms with E-state index in [9.17, 15) is 14.4 Å². The highest BCUT2D eigenvalue weighted by Gasteiger charge is 2.26. The standard InChI is InChI=1S/C17H30N2O5/c1-13(20)7-11-24-12-9-18-17(22)14-3-5-15(6-4-14)19-16(21)8-10-23-2/h14-15H,3-12H2,1-2H3,(H,18,22)(H,19,21). The molecule has 2 N–H and O–H groups in total. The molecule has 24 heavy (non-hydrogen) atoms. The number of hydrogen-bond acceptors (Lipinski definition) is 5. The van der Waals surface area contributed by atoms with Crippen molar-refractivity contribution in [3.63, 3.8) is 0 Å². The fourth-order valence-electron chi connectivity index (χ4n) is 2.70. The molecule has 0 bridgehead atoms. The van der Waals surface area contributed by atoms with Crippen molar-refractivity contribution in [1.29, 1.82) is 0 Å². The van der Waals surface area contributed by atoms with E-state index in [-0.39, 0.29) is 29.6 Å². The van der Waals surface area contributed by atoms with Gasteiger partial charge in [-0.3, -0.25) is 14.4 Å². The number of amides is 2. The van der Waals surface area contributed by atoms with E-state index in [4.69, 9.17) is 9.47 Å². The highest BCUT2D eigenvalue weighted by atomic mass is 16.5. The first-order chi connectivity index (χ1) is 11.5. The molecule has 1 saturated carbocycles. The quantitative estimate of drug-likeness (QED) is 0.542. The highest BCUT2D eigenvalue weighted by molar-refractivity contribution is 5.79. The second-order valence-corrected chi connectivity index (χ2v) is 6.21. The van der Waals surface area contributed by atoms with E-state index in [0.29, 0.717) is 39.2 Å². The number of ketones is 1. The summed E-state index contributed by atoms with van der Waals surface area (Å²) in [5, 5.41) is 5.86. The topological polar surface area (TPSA) is 93.7 Å². The molecule has 1 fully saturated rings. The van der Waals surface area contributed by atoms with Gasteiger partial charge in [0.25, 0.3) is 0 Å². The van der Waals surface area contributed by atoms with Gasteiger partial charge in [-0.1, -0.05) is 0 Å². The van der Waals surface area contributed by atoms with Crippen molar-refractivity contribution in [3.8, 4) is 0 Å². The summed E-state index contributed by atoms with van der Waals surface area (Å²) >= 11 is 0. The minimum Gasteiger partial charge on any atom is -0.384 e. The van der Waals surface area contributed by atoms with Crippen molar-refractivity contribution in [2.45, 2.75) is 51.5 Å². The van der Waals surface area contributed by atoms with Crippen molar-refractivity contribution >= 4 is 17.6 Å². The predicted octanol–water partition coefficient (Wildman–Crippen LogP) is 0.810. The molecule has 0 aromatic rings. The van der Waals surface area contributed by atoms with Gasteiger partial charge >= 0.3 is 0 Å². The Morgan fingerprint density at radius 1 is 1.00 bits per heavy atom. The number of Topliss-reactive ketones (excluding diaryl/α,β-unsaturated/α-hetero) is 1. The fraction of sp³-hybridized carbons (Fsp3) is 0.824. The van der Waals surface area contributed by atoms with Crippen molar-refractivity contribution < 1.29 is 23.9 Å². The summed E-state index contributed by atoms with van der Waals surface area (Å²) in [6, 6.07) is 0.160. The zero-order chi connectivity index (χ0) is 17.8. The van der Waals surface area contributed by atoms with E-state index in [1.165, 1.54) is 6.92 Å². The zero-order valence-electron chi connectivity index (χ0n) is 14.8. The van der Waals surface area contributed by atoms with Gasteiger partial charge in [-0.2, -0.15) is 0 Å². The van der Waals surface area contributed by atoms with Crippen molar-refractivity contribution in [3.05, 3.63) is 0 Å². The molecule has 7 heteroatoms. The maximum atomic E-state index is 12.1. The summed E-state index contributed by atoms with van der Waals surface area (Å²) < 4.78 is 10.2. The van der Waals surface area contributed by atoms with E-state index in [1.54, 1.807) is 7.11 Å². The van der Waals surface area contributed by atoms with E-state index in [1.807, 2.05) is 0 Å². The summed E-state index contributed by atoms with van der Waals surface area (Å²) in [5.41, 5.74) is 0. The van der Waals surface area contributed by atoms with Crippen LogP contribution in [-0.4, -0.2) is 57.1 Å². The monoisotopic (exact) mass is 342 g/mol. The van der Waals surface area contributed by atoms with Crippen molar-refractivity contribution in [1.82, 2.24) is 10.6 Å². The average Bonchev–Trinajstić information content (AvgIpc) is 2.56. The molecule has 7 nitrogen and oxygen atoms in total. The van der Waals surface area contributed by atoms with E-state index >= 15 is 0 Å². The maximum absolute atomic E-state index is 12.1. The molecule has 1 rings (SSSR count). The Balaban J connectivity index is 2.10. The van der Waals surface area contributed by atoms with Gasteiger partial charge in [0.1, 0.15) is 5.78 Å². The molecule has 138 valence electrons. The minimum absolute atomic E-state index is 0.00691. The van der Waals surface area contributed by atoms with Crippen LogP contribution in [0, 0.1) is 5.92 Å². The lowest BCUT2D eigenvalue weighted by molar-refractivity contribution is -0.126. The molecular formula is C17H30N2O5. The van der Waals surface area contributed by atoms with E-state index < -0.39 is 0 Å². The summed E-state index contributed by atoms with van der Waals surface area (Å²) in [5.74, 6) is 0.168. The molecule has 0 heterocycles. The Labute approximate surface area is 143 Å². The first-order valence-corrected chi connectivity index (χ1v) is 8.66. The molecule has 0 unspecified atom stereocenters. The average molecular weight is 342 g/mol. The number of nitrogens with one attached hydrogen (secondary N) is 2.